The Kier molecular flexibility index (Phi) is 4.07. The first-order valence-corrected chi connectivity index (χ1v) is 6.72. The maximum absolute atomic E-state index is 5.93. The molecule has 0 bridgehead atoms. The van der Waals surface area contributed by atoms with Gasteiger partial charge >= 0.3 is 0 Å². The van der Waals surface area contributed by atoms with Crippen LogP contribution in [0.15, 0.2) is 22.7 Å². The normalized spacial score (nSPS) is 12.7. The van der Waals surface area contributed by atoms with Crippen molar-refractivity contribution in [3.63, 3.8) is 0 Å². The van der Waals surface area contributed by atoms with Gasteiger partial charge < -0.3 is 4.52 Å². The molecule has 0 aliphatic carbocycles. The molecule has 1 heterocycles. The Bertz CT molecular complexity index is 530. The first kappa shape index (κ1) is 12.9. The maximum atomic E-state index is 5.93. The van der Waals surface area contributed by atoms with E-state index in [1.54, 1.807) is 18.2 Å². The Balaban J connectivity index is 2.33. The van der Waals surface area contributed by atoms with Gasteiger partial charge in [0, 0.05) is 5.56 Å². The van der Waals surface area contributed by atoms with E-state index in [4.69, 9.17) is 27.7 Å². The highest BCUT2D eigenvalue weighted by molar-refractivity contribution is 9.09. The van der Waals surface area contributed by atoms with Crippen LogP contribution in [-0.4, -0.2) is 10.1 Å². The van der Waals surface area contributed by atoms with E-state index in [2.05, 4.69) is 26.1 Å². The number of alkyl halides is 1. The van der Waals surface area contributed by atoms with E-state index < -0.39 is 0 Å². The van der Waals surface area contributed by atoms with E-state index in [9.17, 15) is 0 Å². The van der Waals surface area contributed by atoms with Crippen LogP contribution in [0.3, 0.4) is 0 Å². The number of benzene rings is 1. The van der Waals surface area contributed by atoms with Gasteiger partial charge in [-0.05, 0) is 24.6 Å². The van der Waals surface area contributed by atoms with Crippen LogP contribution >= 0.6 is 39.1 Å². The quantitative estimate of drug-likeness (QED) is 0.749. The molecule has 0 saturated carbocycles. The molecule has 2 aromatic rings. The second kappa shape index (κ2) is 5.38. The molecule has 90 valence electrons. The van der Waals surface area contributed by atoms with E-state index in [1.807, 2.05) is 6.92 Å². The van der Waals surface area contributed by atoms with Crippen LogP contribution in [0.1, 0.15) is 24.1 Å². The zero-order valence-corrected chi connectivity index (χ0v) is 12.1. The zero-order valence-electron chi connectivity index (χ0n) is 8.95. The predicted molar refractivity (Wildman–Crippen MR) is 71.7 cm³/mol. The second-order valence-corrected chi connectivity index (χ2v) is 5.38. The molecule has 0 saturated heterocycles. The lowest BCUT2D eigenvalue weighted by atomic mass is 10.2. The molecule has 0 aliphatic rings. The second-order valence-electron chi connectivity index (χ2n) is 3.46. The van der Waals surface area contributed by atoms with Gasteiger partial charge in [0.25, 0.3) is 0 Å². The van der Waals surface area contributed by atoms with E-state index in [0.29, 0.717) is 21.8 Å². The molecule has 0 radical (unpaired) electrons. The summed E-state index contributed by atoms with van der Waals surface area (Å²) in [5.41, 5.74) is 0.783. The van der Waals surface area contributed by atoms with Crippen molar-refractivity contribution in [1.29, 1.82) is 0 Å². The molecule has 6 heteroatoms. The first-order chi connectivity index (χ1) is 8.11. The fourth-order valence-electron chi connectivity index (χ4n) is 1.29. The lowest BCUT2D eigenvalue weighted by Crippen LogP contribution is -1.87. The molecule has 1 unspecified atom stereocenters. The molecule has 1 aromatic carbocycles. The monoisotopic (exact) mass is 334 g/mol. The van der Waals surface area contributed by atoms with E-state index in [-0.39, 0.29) is 4.83 Å². The fourth-order valence-corrected chi connectivity index (χ4v) is 1.77. The summed E-state index contributed by atoms with van der Waals surface area (Å²) in [6.45, 7) is 2.03. The molecule has 0 spiro atoms. The smallest absolute Gasteiger partial charge is 0.240 e. The van der Waals surface area contributed by atoms with Crippen LogP contribution in [0.2, 0.25) is 10.0 Å². The van der Waals surface area contributed by atoms with Gasteiger partial charge in [-0.1, -0.05) is 51.2 Å². The van der Waals surface area contributed by atoms with Gasteiger partial charge in [-0.3, -0.25) is 0 Å². The van der Waals surface area contributed by atoms with Crippen LogP contribution < -0.4 is 0 Å². The minimum atomic E-state index is 0.0755. The average Bonchev–Trinajstić information content (AvgIpc) is 2.81. The van der Waals surface area contributed by atoms with Gasteiger partial charge in [-0.2, -0.15) is 4.98 Å². The number of halogens is 3. The third-order valence-corrected chi connectivity index (χ3v) is 4.02. The lowest BCUT2D eigenvalue weighted by Gasteiger charge is -1.98. The molecule has 3 nitrogen and oxygen atoms in total. The van der Waals surface area contributed by atoms with Gasteiger partial charge in [0.1, 0.15) is 0 Å². The minimum absolute atomic E-state index is 0.0755. The Hall–Kier alpha value is -0.580. The Morgan fingerprint density at radius 1 is 1.35 bits per heavy atom. The summed E-state index contributed by atoms with van der Waals surface area (Å²) < 4.78 is 5.16. The van der Waals surface area contributed by atoms with E-state index in [1.165, 1.54) is 0 Å². The highest BCUT2D eigenvalue weighted by Crippen LogP contribution is 2.29. The van der Waals surface area contributed by atoms with E-state index >= 15 is 0 Å². The third-order valence-electron chi connectivity index (χ3n) is 2.25. The minimum Gasteiger partial charge on any atom is -0.338 e. The summed E-state index contributed by atoms with van der Waals surface area (Å²) in [4.78, 5) is 4.37. The van der Waals surface area contributed by atoms with Crippen molar-refractivity contribution >= 4 is 39.1 Å². The highest BCUT2D eigenvalue weighted by Gasteiger charge is 2.15. The van der Waals surface area contributed by atoms with Crippen molar-refractivity contribution in [3.8, 4) is 11.4 Å². The fraction of sp³-hybridized carbons (Fsp3) is 0.273. The molecule has 2 rings (SSSR count). The summed E-state index contributed by atoms with van der Waals surface area (Å²) in [6.07, 6.45) is 0.878. The van der Waals surface area contributed by atoms with Crippen LogP contribution in [0.25, 0.3) is 11.4 Å². The summed E-state index contributed by atoms with van der Waals surface area (Å²) in [5.74, 6) is 1.07. The predicted octanol–water partition coefficient (Wildman–Crippen LogP) is 4.89. The van der Waals surface area contributed by atoms with Crippen LogP contribution in [0.4, 0.5) is 0 Å². The number of hydrogen-bond donors (Lipinski definition) is 0. The average molecular weight is 336 g/mol. The Morgan fingerprint density at radius 3 is 2.76 bits per heavy atom. The topological polar surface area (TPSA) is 38.9 Å². The van der Waals surface area contributed by atoms with Crippen LogP contribution in [0.5, 0.6) is 0 Å². The van der Waals surface area contributed by atoms with E-state index in [0.717, 1.165) is 12.0 Å². The SMILES string of the molecule is CCC(Br)c1nc(-c2ccc(Cl)c(Cl)c2)no1. The number of hydrogen-bond acceptors (Lipinski definition) is 3. The van der Waals surface area contributed by atoms with Gasteiger partial charge in [0.05, 0.1) is 14.9 Å². The molecule has 0 N–H and O–H groups in total. The summed E-state index contributed by atoms with van der Waals surface area (Å²) in [6, 6.07) is 5.23. The molecule has 0 aliphatic heterocycles. The van der Waals surface area contributed by atoms with Crippen molar-refractivity contribution in [2.75, 3.05) is 0 Å². The van der Waals surface area contributed by atoms with Crippen molar-refractivity contribution < 1.29 is 4.52 Å². The summed E-state index contributed by atoms with van der Waals surface area (Å²) >= 11 is 15.2. The maximum Gasteiger partial charge on any atom is 0.240 e. The van der Waals surface area contributed by atoms with Crippen LogP contribution in [0, 0.1) is 0 Å². The number of nitrogens with zero attached hydrogens (tertiary/aromatic N) is 2. The molecule has 1 atom stereocenters. The first-order valence-electron chi connectivity index (χ1n) is 5.05. The van der Waals surface area contributed by atoms with Crippen LogP contribution in [-0.2, 0) is 0 Å². The number of aromatic nitrogens is 2. The standard InChI is InChI=1S/C11H9BrCl2N2O/c1-2-7(12)11-15-10(16-17-11)6-3-4-8(13)9(14)5-6/h3-5,7H,2H2,1H3. The summed E-state index contributed by atoms with van der Waals surface area (Å²) in [7, 11) is 0. The number of rotatable bonds is 3. The Labute approximate surface area is 117 Å². The highest BCUT2D eigenvalue weighted by atomic mass is 79.9. The molecule has 17 heavy (non-hydrogen) atoms. The third kappa shape index (κ3) is 2.81. The van der Waals surface area contributed by atoms with Gasteiger partial charge in [-0.15, -0.1) is 0 Å². The summed E-state index contributed by atoms with van der Waals surface area (Å²) in [5, 5.41) is 4.89. The van der Waals surface area contributed by atoms with Gasteiger partial charge in [-0.25, -0.2) is 0 Å². The van der Waals surface area contributed by atoms with Gasteiger partial charge in [0.2, 0.25) is 11.7 Å². The van der Waals surface area contributed by atoms with Crippen molar-refractivity contribution in [3.05, 3.63) is 34.1 Å². The molecular weight excluding hydrogens is 327 g/mol. The van der Waals surface area contributed by atoms with Gasteiger partial charge in [0.15, 0.2) is 0 Å². The molecular formula is C11H9BrCl2N2O. The zero-order chi connectivity index (χ0) is 12.4. The largest absolute Gasteiger partial charge is 0.338 e. The molecule has 1 aromatic heterocycles. The van der Waals surface area contributed by atoms with Crippen molar-refractivity contribution in [2.45, 2.75) is 18.2 Å². The molecule has 0 amide bonds. The Morgan fingerprint density at radius 2 is 2.12 bits per heavy atom. The van der Waals surface area contributed by atoms with Crippen molar-refractivity contribution in [2.24, 2.45) is 0 Å². The molecule has 0 fully saturated rings. The van der Waals surface area contributed by atoms with Crippen molar-refractivity contribution in [1.82, 2.24) is 10.1 Å². The lowest BCUT2D eigenvalue weighted by molar-refractivity contribution is 0.377.